The summed E-state index contributed by atoms with van der Waals surface area (Å²) in [5, 5.41) is 6.72. The van der Waals surface area contributed by atoms with Crippen molar-refractivity contribution in [2.75, 3.05) is 10.0 Å². The van der Waals surface area contributed by atoms with Gasteiger partial charge in [0.25, 0.3) is 10.0 Å². The summed E-state index contributed by atoms with van der Waals surface area (Å²) >= 11 is 5.30. The first-order valence-corrected chi connectivity index (χ1v) is 10.6. The predicted octanol–water partition coefficient (Wildman–Crippen LogP) is 4.28. The highest BCUT2D eigenvalue weighted by molar-refractivity contribution is 7.92. The van der Waals surface area contributed by atoms with Gasteiger partial charge in [0.05, 0.1) is 4.90 Å². The average molecular weight is 412 g/mol. The van der Waals surface area contributed by atoms with Gasteiger partial charge in [-0.2, -0.15) is 0 Å². The Kier molecular flexibility index (Phi) is 6.28. The second-order valence-corrected chi connectivity index (χ2v) is 8.38. The van der Waals surface area contributed by atoms with Crippen LogP contribution in [0.25, 0.3) is 0 Å². The smallest absolute Gasteiger partial charge is 0.261 e. The average Bonchev–Trinajstić information content (AvgIpc) is 2.69. The van der Waals surface area contributed by atoms with E-state index in [1.54, 1.807) is 48.5 Å². The van der Waals surface area contributed by atoms with E-state index in [-0.39, 0.29) is 4.90 Å². The van der Waals surface area contributed by atoms with Gasteiger partial charge in [0, 0.05) is 17.9 Å². The van der Waals surface area contributed by atoms with Crippen LogP contribution in [0, 0.1) is 6.92 Å². The van der Waals surface area contributed by atoms with E-state index < -0.39 is 10.0 Å². The molecule has 0 aliphatic rings. The van der Waals surface area contributed by atoms with E-state index in [4.69, 9.17) is 12.2 Å². The van der Waals surface area contributed by atoms with Crippen molar-refractivity contribution in [1.29, 1.82) is 0 Å². The zero-order valence-electron chi connectivity index (χ0n) is 15.3. The summed E-state index contributed by atoms with van der Waals surface area (Å²) in [4.78, 5) is 0.228. The van der Waals surface area contributed by atoms with Crippen LogP contribution < -0.4 is 15.4 Å². The van der Waals surface area contributed by atoms with Crippen LogP contribution in [-0.2, 0) is 16.6 Å². The molecule has 0 bridgehead atoms. The van der Waals surface area contributed by atoms with Gasteiger partial charge in [-0.25, -0.2) is 8.42 Å². The number of rotatable bonds is 6. The highest BCUT2D eigenvalue weighted by atomic mass is 32.2. The molecule has 0 saturated heterocycles. The number of anilines is 2. The van der Waals surface area contributed by atoms with Crippen LogP contribution in [-0.4, -0.2) is 13.5 Å². The summed E-state index contributed by atoms with van der Waals surface area (Å²) < 4.78 is 27.5. The van der Waals surface area contributed by atoms with E-state index in [0.717, 1.165) is 16.8 Å². The van der Waals surface area contributed by atoms with Gasteiger partial charge in [-0.05, 0) is 61.1 Å². The van der Waals surface area contributed by atoms with Crippen molar-refractivity contribution in [3.63, 3.8) is 0 Å². The molecule has 3 N–H and O–H groups in total. The highest BCUT2D eigenvalue weighted by Gasteiger charge is 2.13. The standard InChI is InChI=1S/C21H21N3O2S2/c1-16-7-13-20(14-8-16)28(25,26)24-19-11-9-18(10-12-19)23-21(27)22-15-17-5-3-2-4-6-17/h2-14,24H,15H2,1H3,(H2,22,23,27). The molecule has 0 aliphatic heterocycles. The molecule has 0 heterocycles. The van der Waals surface area contributed by atoms with Gasteiger partial charge in [-0.3, -0.25) is 4.72 Å². The number of hydrogen-bond donors (Lipinski definition) is 3. The topological polar surface area (TPSA) is 70.2 Å². The molecular formula is C21H21N3O2S2. The lowest BCUT2D eigenvalue weighted by Crippen LogP contribution is -2.27. The Bertz CT molecular complexity index is 1030. The second-order valence-electron chi connectivity index (χ2n) is 6.29. The molecule has 3 aromatic rings. The van der Waals surface area contributed by atoms with E-state index in [9.17, 15) is 8.42 Å². The lowest BCUT2D eigenvalue weighted by atomic mass is 10.2. The van der Waals surface area contributed by atoms with Crippen molar-refractivity contribution < 1.29 is 8.42 Å². The van der Waals surface area contributed by atoms with Crippen LogP contribution in [0.15, 0.2) is 83.8 Å². The SMILES string of the molecule is Cc1ccc(S(=O)(=O)Nc2ccc(NC(=S)NCc3ccccc3)cc2)cc1. The third kappa shape index (κ3) is 5.55. The molecule has 0 amide bonds. The van der Waals surface area contributed by atoms with Crippen molar-refractivity contribution in [2.45, 2.75) is 18.4 Å². The minimum absolute atomic E-state index is 0.228. The number of nitrogens with one attached hydrogen (secondary N) is 3. The number of benzene rings is 3. The molecule has 5 nitrogen and oxygen atoms in total. The van der Waals surface area contributed by atoms with Crippen LogP contribution in [0.2, 0.25) is 0 Å². The molecule has 0 aromatic heterocycles. The summed E-state index contributed by atoms with van der Waals surface area (Å²) in [7, 11) is -3.61. The maximum atomic E-state index is 12.4. The first-order valence-electron chi connectivity index (χ1n) is 8.71. The molecular weight excluding hydrogens is 390 g/mol. The van der Waals surface area contributed by atoms with Crippen LogP contribution in [0.5, 0.6) is 0 Å². The molecule has 0 unspecified atom stereocenters. The maximum absolute atomic E-state index is 12.4. The zero-order chi connectivity index (χ0) is 20.0. The molecule has 0 radical (unpaired) electrons. The van der Waals surface area contributed by atoms with Gasteiger partial charge in [0.1, 0.15) is 0 Å². The predicted molar refractivity (Wildman–Crippen MR) is 118 cm³/mol. The molecule has 28 heavy (non-hydrogen) atoms. The molecule has 3 aromatic carbocycles. The van der Waals surface area contributed by atoms with E-state index in [0.29, 0.717) is 17.3 Å². The lowest BCUT2D eigenvalue weighted by Gasteiger charge is -2.12. The molecule has 7 heteroatoms. The second kappa shape index (κ2) is 8.86. The van der Waals surface area contributed by atoms with E-state index in [1.807, 2.05) is 37.3 Å². The van der Waals surface area contributed by atoms with E-state index >= 15 is 0 Å². The maximum Gasteiger partial charge on any atom is 0.261 e. The third-order valence-corrected chi connectivity index (χ3v) is 5.67. The number of aryl methyl sites for hydroxylation is 1. The molecule has 0 spiro atoms. The van der Waals surface area contributed by atoms with Crippen molar-refractivity contribution in [3.05, 3.63) is 90.0 Å². The Labute approximate surface area is 170 Å². The molecule has 3 rings (SSSR count). The van der Waals surface area contributed by atoms with Crippen LogP contribution in [0.3, 0.4) is 0 Å². The number of sulfonamides is 1. The van der Waals surface area contributed by atoms with Gasteiger partial charge in [0.2, 0.25) is 0 Å². The summed E-state index contributed by atoms with van der Waals surface area (Å²) in [6, 6.07) is 23.6. The fraction of sp³-hybridized carbons (Fsp3) is 0.0952. The molecule has 0 saturated carbocycles. The zero-order valence-corrected chi connectivity index (χ0v) is 17.0. The Morgan fingerprint density at radius 2 is 1.46 bits per heavy atom. The van der Waals surface area contributed by atoms with Crippen LogP contribution >= 0.6 is 12.2 Å². The van der Waals surface area contributed by atoms with Crippen molar-refractivity contribution in [2.24, 2.45) is 0 Å². The lowest BCUT2D eigenvalue weighted by molar-refractivity contribution is 0.601. The highest BCUT2D eigenvalue weighted by Crippen LogP contribution is 2.18. The molecule has 144 valence electrons. The quantitative estimate of drug-likeness (QED) is 0.528. The summed E-state index contributed by atoms with van der Waals surface area (Å²) in [5.74, 6) is 0. The first-order chi connectivity index (χ1) is 13.4. The van der Waals surface area contributed by atoms with E-state index in [1.165, 1.54) is 0 Å². The fourth-order valence-electron chi connectivity index (χ4n) is 2.51. The van der Waals surface area contributed by atoms with Crippen molar-refractivity contribution in [3.8, 4) is 0 Å². The monoisotopic (exact) mass is 411 g/mol. The van der Waals surface area contributed by atoms with Crippen LogP contribution in [0.1, 0.15) is 11.1 Å². The number of hydrogen-bond acceptors (Lipinski definition) is 3. The Morgan fingerprint density at radius 1 is 0.857 bits per heavy atom. The molecule has 0 atom stereocenters. The van der Waals surface area contributed by atoms with Gasteiger partial charge in [0.15, 0.2) is 5.11 Å². The van der Waals surface area contributed by atoms with Crippen molar-refractivity contribution in [1.82, 2.24) is 5.32 Å². The molecule has 0 fully saturated rings. The van der Waals surface area contributed by atoms with Gasteiger partial charge < -0.3 is 10.6 Å². The Hall–Kier alpha value is -2.90. The first kappa shape index (κ1) is 19.9. The summed E-state index contributed by atoms with van der Waals surface area (Å²) in [5.41, 5.74) is 3.39. The van der Waals surface area contributed by atoms with Gasteiger partial charge in [-0.15, -0.1) is 0 Å². The normalized spacial score (nSPS) is 10.9. The minimum atomic E-state index is -3.61. The van der Waals surface area contributed by atoms with Crippen molar-refractivity contribution >= 4 is 38.7 Å². The largest absolute Gasteiger partial charge is 0.358 e. The van der Waals surface area contributed by atoms with E-state index in [2.05, 4.69) is 15.4 Å². The van der Waals surface area contributed by atoms with Crippen LogP contribution in [0.4, 0.5) is 11.4 Å². The minimum Gasteiger partial charge on any atom is -0.358 e. The van der Waals surface area contributed by atoms with Gasteiger partial charge in [-0.1, -0.05) is 48.0 Å². The summed E-state index contributed by atoms with van der Waals surface area (Å²) in [6.45, 7) is 2.54. The third-order valence-electron chi connectivity index (χ3n) is 4.02. The Balaban J connectivity index is 1.57. The fourth-order valence-corrected chi connectivity index (χ4v) is 3.76. The molecule has 0 aliphatic carbocycles. The number of thiocarbonyl (C=S) groups is 1. The van der Waals surface area contributed by atoms with Gasteiger partial charge >= 0.3 is 0 Å². The summed E-state index contributed by atoms with van der Waals surface area (Å²) in [6.07, 6.45) is 0. The Morgan fingerprint density at radius 3 is 2.11 bits per heavy atom.